The second-order valence-corrected chi connectivity index (χ2v) is 7.28. The second kappa shape index (κ2) is 7.79. The Morgan fingerprint density at radius 2 is 1.90 bits per heavy atom. The van der Waals surface area contributed by atoms with Gasteiger partial charge in [-0.2, -0.15) is 0 Å². The van der Waals surface area contributed by atoms with Gasteiger partial charge in [0.1, 0.15) is 0 Å². The zero-order valence-corrected chi connectivity index (χ0v) is 14.4. The lowest BCUT2D eigenvalue weighted by molar-refractivity contribution is 0.572. The molecule has 0 bridgehead atoms. The number of benzene rings is 1. The lowest BCUT2D eigenvalue weighted by Gasteiger charge is -2.07. The molecule has 1 nitrogen and oxygen atoms in total. The van der Waals surface area contributed by atoms with Gasteiger partial charge in [-0.15, -0.1) is 11.3 Å². The molecule has 1 aromatic carbocycles. The van der Waals surface area contributed by atoms with Crippen LogP contribution in [0.3, 0.4) is 0 Å². The molecule has 0 radical (unpaired) electrons. The molecule has 112 valence electrons. The Kier molecular flexibility index (Phi) is 6.04. The van der Waals surface area contributed by atoms with Gasteiger partial charge in [0, 0.05) is 21.3 Å². The summed E-state index contributed by atoms with van der Waals surface area (Å²) in [6.07, 6.45) is 2.26. The average Bonchev–Trinajstić information content (AvgIpc) is 2.87. The van der Waals surface area contributed by atoms with Gasteiger partial charge in [-0.1, -0.05) is 43.2 Å². The van der Waals surface area contributed by atoms with Crippen molar-refractivity contribution < 1.29 is 0 Å². The summed E-state index contributed by atoms with van der Waals surface area (Å²) in [7, 11) is 0. The van der Waals surface area contributed by atoms with Gasteiger partial charge in [-0.3, -0.25) is 0 Å². The van der Waals surface area contributed by atoms with Crippen LogP contribution in [0.1, 0.15) is 25.6 Å². The molecule has 0 aliphatic rings. The quantitative estimate of drug-likeness (QED) is 0.718. The molecule has 21 heavy (non-hydrogen) atoms. The van der Waals surface area contributed by atoms with Gasteiger partial charge in [-0.05, 0) is 55.3 Å². The first-order valence-corrected chi connectivity index (χ1v) is 8.47. The van der Waals surface area contributed by atoms with Gasteiger partial charge < -0.3 is 5.32 Å². The first-order valence-electron chi connectivity index (χ1n) is 7.28. The monoisotopic (exact) mass is 319 g/mol. The summed E-state index contributed by atoms with van der Waals surface area (Å²) < 4.78 is 0. The largest absolute Gasteiger partial charge is 0.313 e. The maximum atomic E-state index is 5.93. The topological polar surface area (TPSA) is 12.0 Å². The predicted octanol–water partition coefficient (Wildman–Crippen LogP) is 5.72. The predicted molar refractivity (Wildman–Crippen MR) is 96.1 cm³/mol. The summed E-state index contributed by atoms with van der Waals surface area (Å²) in [6.45, 7) is 8.64. The highest BCUT2D eigenvalue weighted by molar-refractivity contribution is 7.16. The number of thiophene rings is 1. The number of nitrogens with one attached hydrogen (secondary N) is 1. The molecule has 1 N–H and O–H groups in total. The number of hydrogen-bond donors (Lipinski definition) is 1. The second-order valence-electron chi connectivity index (χ2n) is 5.72. The smallest absolute Gasteiger partial charge is 0.0406 e. The van der Waals surface area contributed by atoms with Crippen LogP contribution in [0.2, 0.25) is 5.02 Å². The zero-order chi connectivity index (χ0) is 15.2. The number of halogens is 1. The number of hydrogen-bond acceptors (Lipinski definition) is 2. The normalized spacial score (nSPS) is 12.1. The van der Waals surface area contributed by atoms with E-state index in [0.717, 1.165) is 18.1 Å². The molecular weight excluding hydrogens is 298 g/mol. The summed E-state index contributed by atoms with van der Waals surface area (Å²) >= 11 is 7.74. The molecular formula is C18H22ClNS. The van der Waals surface area contributed by atoms with Crippen LogP contribution >= 0.6 is 22.9 Å². The first-order chi connectivity index (χ1) is 10.0. The van der Waals surface area contributed by atoms with E-state index in [-0.39, 0.29) is 0 Å². The highest BCUT2D eigenvalue weighted by Gasteiger charge is 2.02. The van der Waals surface area contributed by atoms with E-state index < -0.39 is 0 Å². The third-order valence-electron chi connectivity index (χ3n) is 3.10. The molecule has 2 rings (SSSR count). The van der Waals surface area contributed by atoms with Gasteiger partial charge in [0.05, 0.1) is 0 Å². The summed E-state index contributed by atoms with van der Waals surface area (Å²) in [5.74, 6) is 0.691. The lowest BCUT2D eigenvalue weighted by atomic mass is 10.2. The zero-order valence-electron chi connectivity index (χ0n) is 12.8. The van der Waals surface area contributed by atoms with E-state index in [1.54, 1.807) is 0 Å². The van der Waals surface area contributed by atoms with Crippen LogP contribution in [0.5, 0.6) is 0 Å². The molecule has 0 saturated heterocycles. The molecule has 0 atom stereocenters. The molecule has 1 aromatic heterocycles. The lowest BCUT2D eigenvalue weighted by Crippen LogP contribution is -2.21. The van der Waals surface area contributed by atoms with E-state index in [0.29, 0.717) is 5.92 Å². The molecule has 0 aliphatic carbocycles. The highest BCUT2D eigenvalue weighted by Crippen LogP contribution is 2.30. The van der Waals surface area contributed by atoms with Gasteiger partial charge in [0.2, 0.25) is 0 Å². The van der Waals surface area contributed by atoms with Crippen LogP contribution in [0.25, 0.3) is 16.5 Å². The van der Waals surface area contributed by atoms with Crippen LogP contribution in [-0.4, -0.2) is 13.1 Å². The molecule has 2 aromatic rings. The van der Waals surface area contributed by atoms with Crippen molar-refractivity contribution in [2.45, 2.75) is 20.8 Å². The van der Waals surface area contributed by atoms with E-state index in [1.165, 1.54) is 20.9 Å². The number of rotatable bonds is 6. The van der Waals surface area contributed by atoms with E-state index in [4.69, 9.17) is 11.6 Å². The summed E-state index contributed by atoms with van der Waals surface area (Å²) in [6, 6.07) is 12.4. The van der Waals surface area contributed by atoms with Crippen molar-refractivity contribution in [2.24, 2.45) is 5.92 Å². The minimum Gasteiger partial charge on any atom is -0.313 e. The van der Waals surface area contributed by atoms with Gasteiger partial charge in [-0.25, -0.2) is 0 Å². The Balaban J connectivity index is 2.00. The summed E-state index contributed by atoms with van der Waals surface area (Å²) in [5, 5.41) is 4.25. The van der Waals surface area contributed by atoms with Gasteiger partial charge in [0.15, 0.2) is 0 Å². The molecule has 0 unspecified atom stereocenters. The summed E-state index contributed by atoms with van der Waals surface area (Å²) in [5.41, 5.74) is 2.58. The summed E-state index contributed by atoms with van der Waals surface area (Å²) in [4.78, 5) is 2.57. The molecule has 0 fully saturated rings. The molecule has 3 heteroatoms. The Bertz CT molecular complexity index is 596. The molecule has 0 aliphatic heterocycles. The molecule has 0 saturated carbocycles. The molecule has 0 amide bonds. The van der Waals surface area contributed by atoms with Crippen molar-refractivity contribution in [3.05, 3.63) is 51.9 Å². The van der Waals surface area contributed by atoms with E-state index in [2.05, 4.69) is 56.4 Å². The Morgan fingerprint density at radius 1 is 1.19 bits per heavy atom. The van der Waals surface area contributed by atoms with Crippen LogP contribution < -0.4 is 5.32 Å². The van der Waals surface area contributed by atoms with Gasteiger partial charge >= 0.3 is 0 Å². The Hall–Kier alpha value is -1.09. The molecule has 1 heterocycles. The Morgan fingerprint density at radius 3 is 2.57 bits per heavy atom. The standard InChI is InChI=1S/C18H22ClNS/c1-13(2)11-20-12-14(3)10-17-8-9-18(21-17)15-4-6-16(19)7-5-15/h4-10,13,20H,11-12H2,1-3H3. The van der Waals surface area contributed by atoms with Crippen LogP contribution in [0, 0.1) is 5.92 Å². The third kappa shape index (κ3) is 5.31. The van der Waals surface area contributed by atoms with Crippen LogP contribution in [-0.2, 0) is 0 Å². The van der Waals surface area contributed by atoms with Crippen molar-refractivity contribution in [2.75, 3.05) is 13.1 Å². The van der Waals surface area contributed by atoms with Crippen molar-refractivity contribution in [1.29, 1.82) is 0 Å². The maximum Gasteiger partial charge on any atom is 0.0406 e. The van der Waals surface area contributed by atoms with E-state index in [1.807, 2.05) is 23.5 Å². The van der Waals surface area contributed by atoms with Gasteiger partial charge in [0.25, 0.3) is 0 Å². The first kappa shape index (κ1) is 16.3. The van der Waals surface area contributed by atoms with Crippen molar-refractivity contribution in [1.82, 2.24) is 5.32 Å². The minimum absolute atomic E-state index is 0.691. The minimum atomic E-state index is 0.691. The third-order valence-corrected chi connectivity index (χ3v) is 4.43. The van der Waals surface area contributed by atoms with Crippen LogP contribution in [0.4, 0.5) is 0 Å². The Labute approximate surface area is 136 Å². The molecule has 0 spiro atoms. The SMILES string of the molecule is CC(=Cc1ccc(-c2ccc(Cl)cc2)s1)CNCC(C)C. The van der Waals surface area contributed by atoms with Crippen LogP contribution in [0.15, 0.2) is 42.0 Å². The maximum absolute atomic E-state index is 5.93. The average molecular weight is 320 g/mol. The fourth-order valence-electron chi connectivity index (χ4n) is 2.05. The fraction of sp³-hybridized carbons (Fsp3) is 0.333. The highest BCUT2D eigenvalue weighted by atomic mass is 35.5. The van der Waals surface area contributed by atoms with Crippen molar-refractivity contribution >= 4 is 29.0 Å². The fourth-order valence-corrected chi connectivity index (χ4v) is 3.22. The van der Waals surface area contributed by atoms with Crippen molar-refractivity contribution in [3.8, 4) is 10.4 Å². The van der Waals surface area contributed by atoms with E-state index in [9.17, 15) is 0 Å². The van der Waals surface area contributed by atoms with Crippen molar-refractivity contribution in [3.63, 3.8) is 0 Å². The van der Waals surface area contributed by atoms with E-state index >= 15 is 0 Å².